The van der Waals surface area contributed by atoms with E-state index in [4.69, 9.17) is 9.31 Å². The van der Waals surface area contributed by atoms with Crippen molar-refractivity contribution in [2.75, 3.05) is 5.32 Å². The molecule has 2 aromatic heterocycles. The summed E-state index contributed by atoms with van der Waals surface area (Å²) in [5, 5.41) is 3.08. The van der Waals surface area contributed by atoms with Crippen LogP contribution in [0, 0.1) is 0 Å². The Balaban J connectivity index is 2.04. The molecule has 0 saturated carbocycles. The van der Waals surface area contributed by atoms with E-state index in [1.54, 1.807) is 37.8 Å². The molecule has 0 aromatic carbocycles. The van der Waals surface area contributed by atoms with E-state index in [0.717, 1.165) is 0 Å². The minimum Gasteiger partial charge on any atom is -0.399 e. The van der Waals surface area contributed by atoms with E-state index >= 15 is 0 Å². The van der Waals surface area contributed by atoms with Gasteiger partial charge in [-0.3, -0.25) is 4.79 Å². The number of nitrogens with one attached hydrogen (secondary N) is 1. The lowest BCUT2D eigenvalue weighted by atomic mass is 9.78. The second-order valence-electron chi connectivity index (χ2n) is 6.84. The maximum Gasteiger partial charge on any atom is 0.502 e. The van der Waals surface area contributed by atoms with Gasteiger partial charge in [-0.1, -0.05) is 0 Å². The Labute approximate surface area is 141 Å². The molecule has 1 saturated heterocycles. The van der Waals surface area contributed by atoms with Crippen LogP contribution in [0.2, 0.25) is 0 Å². The quantitative estimate of drug-likeness (QED) is 0.854. The molecule has 1 fully saturated rings. The average molecular weight is 328 g/mol. The molecule has 7 nitrogen and oxygen atoms in total. The number of hydrogen-bond acceptors (Lipinski definition) is 6. The average Bonchev–Trinajstić information content (AvgIpc) is 2.72. The Morgan fingerprint density at radius 3 is 2.29 bits per heavy atom. The maximum atomic E-state index is 12.7. The van der Waals surface area contributed by atoms with Crippen molar-refractivity contribution < 1.29 is 9.31 Å². The lowest BCUT2D eigenvalue weighted by Gasteiger charge is -2.32. The Hall–Kier alpha value is -2.19. The summed E-state index contributed by atoms with van der Waals surface area (Å²) in [6.07, 6.45) is 4.94. The highest BCUT2D eigenvalue weighted by molar-refractivity contribution is 6.63. The zero-order valence-electron chi connectivity index (χ0n) is 14.5. The monoisotopic (exact) mass is 328 g/mol. The Bertz CT molecular complexity index is 789. The summed E-state index contributed by atoms with van der Waals surface area (Å²) in [6, 6.07) is 3.52. The van der Waals surface area contributed by atoms with Gasteiger partial charge in [-0.25, -0.2) is 9.97 Å². The molecule has 0 spiro atoms. The van der Waals surface area contributed by atoms with Gasteiger partial charge in [0.2, 0.25) is 5.95 Å². The largest absolute Gasteiger partial charge is 0.502 e. The van der Waals surface area contributed by atoms with E-state index in [-0.39, 0.29) is 5.56 Å². The zero-order chi connectivity index (χ0) is 17.5. The number of rotatable bonds is 3. The van der Waals surface area contributed by atoms with Gasteiger partial charge in [0.05, 0.1) is 16.7 Å². The summed E-state index contributed by atoms with van der Waals surface area (Å²) >= 11 is 0. The first-order valence-corrected chi connectivity index (χ1v) is 7.80. The maximum absolute atomic E-state index is 12.7. The standard InChI is InChI=1S/C16H21BN4O3/c1-15(2)16(3,4)24-17(23-15)12-11(7-10-21(5)13(12)22)20-14-18-8-6-9-19-14/h6-10H,1-5H3,(H,18,19,20). The van der Waals surface area contributed by atoms with Crippen molar-refractivity contribution in [2.45, 2.75) is 38.9 Å². The molecule has 2 aromatic rings. The van der Waals surface area contributed by atoms with E-state index in [9.17, 15) is 4.79 Å². The van der Waals surface area contributed by atoms with Gasteiger partial charge < -0.3 is 19.2 Å². The Morgan fingerprint density at radius 2 is 1.71 bits per heavy atom. The van der Waals surface area contributed by atoms with Gasteiger partial charge in [0.15, 0.2) is 0 Å². The van der Waals surface area contributed by atoms with Gasteiger partial charge in [0.25, 0.3) is 5.56 Å². The summed E-state index contributed by atoms with van der Waals surface area (Å²) in [4.78, 5) is 21.0. The summed E-state index contributed by atoms with van der Waals surface area (Å²) in [7, 11) is 0.931. The van der Waals surface area contributed by atoms with Crippen molar-refractivity contribution in [3.63, 3.8) is 0 Å². The van der Waals surface area contributed by atoms with Crippen LogP contribution in [0.25, 0.3) is 0 Å². The Morgan fingerprint density at radius 1 is 1.12 bits per heavy atom. The van der Waals surface area contributed by atoms with E-state index in [0.29, 0.717) is 17.1 Å². The normalized spacial score (nSPS) is 18.6. The molecule has 1 N–H and O–H groups in total. The first-order chi connectivity index (χ1) is 11.2. The fraction of sp³-hybridized carbons (Fsp3) is 0.438. The van der Waals surface area contributed by atoms with Crippen LogP contribution in [0.1, 0.15) is 27.7 Å². The van der Waals surface area contributed by atoms with Crippen molar-refractivity contribution >= 4 is 24.2 Å². The van der Waals surface area contributed by atoms with Gasteiger partial charge in [-0.2, -0.15) is 0 Å². The van der Waals surface area contributed by atoms with E-state index in [1.807, 2.05) is 27.7 Å². The lowest BCUT2D eigenvalue weighted by molar-refractivity contribution is 0.00578. The minimum absolute atomic E-state index is 0.186. The van der Waals surface area contributed by atoms with Gasteiger partial charge in [0.1, 0.15) is 0 Å². The number of pyridine rings is 1. The van der Waals surface area contributed by atoms with Gasteiger partial charge in [0, 0.05) is 31.3 Å². The van der Waals surface area contributed by atoms with Crippen LogP contribution in [-0.2, 0) is 16.4 Å². The van der Waals surface area contributed by atoms with Crippen LogP contribution in [0.15, 0.2) is 35.5 Å². The van der Waals surface area contributed by atoms with Crippen LogP contribution in [0.3, 0.4) is 0 Å². The van der Waals surface area contributed by atoms with Crippen LogP contribution < -0.4 is 16.3 Å². The van der Waals surface area contributed by atoms with Crippen molar-refractivity contribution in [2.24, 2.45) is 7.05 Å². The van der Waals surface area contributed by atoms with E-state index in [2.05, 4.69) is 15.3 Å². The topological polar surface area (TPSA) is 78.3 Å². The first-order valence-electron chi connectivity index (χ1n) is 7.80. The molecule has 3 heterocycles. The number of hydrogen-bond donors (Lipinski definition) is 1. The number of aryl methyl sites for hydroxylation is 1. The number of nitrogens with zero attached hydrogens (tertiary/aromatic N) is 3. The van der Waals surface area contributed by atoms with Gasteiger partial charge >= 0.3 is 7.12 Å². The molecule has 126 valence electrons. The molecule has 24 heavy (non-hydrogen) atoms. The smallest absolute Gasteiger partial charge is 0.399 e. The molecular formula is C16H21BN4O3. The molecule has 0 atom stereocenters. The van der Waals surface area contributed by atoms with Crippen LogP contribution in [-0.4, -0.2) is 32.9 Å². The van der Waals surface area contributed by atoms with Crippen LogP contribution in [0.4, 0.5) is 11.6 Å². The molecule has 0 radical (unpaired) electrons. The molecule has 0 amide bonds. The fourth-order valence-corrected chi connectivity index (χ4v) is 2.43. The third-order valence-electron chi connectivity index (χ3n) is 4.61. The van der Waals surface area contributed by atoms with Crippen molar-refractivity contribution in [3.8, 4) is 0 Å². The first kappa shape index (κ1) is 16.7. The highest BCUT2D eigenvalue weighted by Crippen LogP contribution is 2.36. The molecule has 0 aliphatic carbocycles. The third-order valence-corrected chi connectivity index (χ3v) is 4.61. The minimum atomic E-state index is -0.763. The van der Waals surface area contributed by atoms with Crippen LogP contribution in [0.5, 0.6) is 0 Å². The summed E-state index contributed by atoms with van der Waals surface area (Å²) < 4.78 is 13.6. The summed E-state index contributed by atoms with van der Waals surface area (Å²) in [5.74, 6) is 0.406. The summed E-state index contributed by atoms with van der Waals surface area (Å²) in [6.45, 7) is 7.81. The van der Waals surface area contributed by atoms with Crippen LogP contribution >= 0.6 is 0 Å². The predicted octanol–water partition coefficient (Wildman–Crippen LogP) is 1.22. The van der Waals surface area contributed by atoms with Crippen molar-refractivity contribution in [3.05, 3.63) is 41.1 Å². The molecule has 3 rings (SSSR count). The summed E-state index contributed by atoms with van der Waals surface area (Å²) in [5.41, 5.74) is -0.263. The van der Waals surface area contributed by atoms with E-state index in [1.165, 1.54) is 4.57 Å². The third kappa shape index (κ3) is 2.83. The van der Waals surface area contributed by atoms with Gasteiger partial charge in [-0.05, 0) is 39.8 Å². The molecule has 0 unspecified atom stereocenters. The highest BCUT2D eigenvalue weighted by Gasteiger charge is 2.53. The van der Waals surface area contributed by atoms with Crippen molar-refractivity contribution in [1.82, 2.24) is 14.5 Å². The lowest BCUT2D eigenvalue weighted by Crippen LogP contribution is -2.48. The molecule has 1 aliphatic heterocycles. The second kappa shape index (κ2) is 5.72. The molecule has 1 aliphatic rings. The number of anilines is 2. The fourth-order valence-electron chi connectivity index (χ4n) is 2.43. The second-order valence-corrected chi connectivity index (χ2v) is 6.84. The van der Waals surface area contributed by atoms with Gasteiger partial charge in [-0.15, -0.1) is 0 Å². The molecule has 8 heteroatoms. The Kier molecular flexibility index (Phi) is 3.97. The molecular weight excluding hydrogens is 307 g/mol. The van der Waals surface area contributed by atoms with Crippen molar-refractivity contribution in [1.29, 1.82) is 0 Å². The number of aromatic nitrogens is 3. The highest BCUT2D eigenvalue weighted by atomic mass is 16.7. The zero-order valence-corrected chi connectivity index (χ0v) is 14.5. The predicted molar refractivity (Wildman–Crippen MR) is 92.7 cm³/mol. The van der Waals surface area contributed by atoms with E-state index < -0.39 is 18.3 Å². The molecule has 0 bridgehead atoms. The SMILES string of the molecule is Cn1ccc(Nc2ncccn2)c(B2OC(C)(C)C(C)(C)O2)c1=O.